The third-order valence-corrected chi connectivity index (χ3v) is 4.40. The predicted molar refractivity (Wildman–Crippen MR) is 91.2 cm³/mol. The van der Waals surface area contributed by atoms with E-state index in [2.05, 4.69) is 5.32 Å². The van der Waals surface area contributed by atoms with Crippen LogP contribution in [0.25, 0.3) is 10.9 Å². The molecular weight excluding hydrogens is 348 g/mol. The van der Waals surface area contributed by atoms with Crippen LogP contribution in [0.4, 0.5) is 28.9 Å². The van der Waals surface area contributed by atoms with E-state index in [0.717, 1.165) is 12.8 Å². The maximum Gasteiger partial charge on any atom is 0.417 e. The van der Waals surface area contributed by atoms with Gasteiger partial charge in [0.15, 0.2) is 0 Å². The number of benzene rings is 2. The third kappa shape index (κ3) is 3.05. The van der Waals surface area contributed by atoms with Gasteiger partial charge in [0.05, 0.1) is 11.1 Å². The molecule has 2 aromatic carbocycles. The highest BCUT2D eigenvalue weighted by Crippen LogP contribution is 2.40. The Kier molecular flexibility index (Phi) is 3.75. The summed E-state index contributed by atoms with van der Waals surface area (Å²) in [4.78, 5) is 12.3. The van der Waals surface area contributed by atoms with Gasteiger partial charge in [-0.15, -0.1) is 0 Å². The van der Waals surface area contributed by atoms with E-state index in [1.165, 1.54) is 47.0 Å². The maximum absolute atomic E-state index is 13.3. The molecule has 0 bridgehead atoms. The van der Waals surface area contributed by atoms with Gasteiger partial charge in [-0.1, -0.05) is 6.07 Å². The fourth-order valence-electron chi connectivity index (χ4n) is 3.07. The number of halogens is 4. The standard InChI is InChI=1S/C19H14F4N2O/c20-11-1-3-12(4-2-11)24-13-5-8-15-16(19(21,22)23)10-18(26)25(14-6-7-14)17(15)9-13/h1-5,8-10,14,24H,6-7H2. The van der Waals surface area contributed by atoms with Gasteiger partial charge in [0.1, 0.15) is 5.82 Å². The Hall–Kier alpha value is -2.83. The van der Waals surface area contributed by atoms with Crippen LogP contribution in [0.1, 0.15) is 24.4 Å². The van der Waals surface area contributed by atoms with Crippen molar-refractivity contribution >= 4 is 22.3 Å². The van der Waals surface area contributed by atoms with Crippen molar-refractivity contribution in [2.75, 3.05) is 5.32 Å². The fraction of sp³-hybridized carbons (Fsp3) is 0.211. The number of alkyl halides is 3. The second-order valence-corrected chi connectivity index (χ2v) is 6.36. The Morgan fingerprint density at radius 2 is 1.62 bits per heavy atom. The van der Waals surface area contributed by atoms with Crippen molar-refractivity contribution in [1.29, 1.82) is 0 Å². The summed E-state index contributed by atoms with van der Waals surface area (Å²) in [5.41, 5.74) is -0.205. The van der Waals surface area contributed by atoms with Crippen molar-refractivity contribution < 1.29 is 17.6 Å². The van der Waals surface area contributed by atoms with Gasteiger partial charge < -0.3 is 9.88 Å². The quantitative estimate of drug-likeness (QED) is 0.647. The largest absolute Gasteiger partial charge is 0.417 e. The van der Waals surface area contributed by atoms with Gasteiger partial charge in [0.2, 0.25) is 0 Å². The topological polar surface area (TPSA) is 34.0 Å². The maximum atomic E-state index is 13.3. The summed E-state index contributed by atoms with van der Waals surface area (Å²) < 4.78 is 54.4. The number of hydrogen-bond acceptors (Lipinski definition) is 2. The molecule has 26 heavy (non-hydrogen) atoms. The lowest BCUT2D eigenvalue weighted by molar-refractivity contribution is -0.136. The minimum atomic E-state index is -4.61. The third-order valence-electron chi connectivity index (χ3n) is 4.40. The average molecular weight is 362 g/mol. The number of anilines is 2. The van der Waals surface area contributed by atoms with Gasteiger partial charge in [-0.2, -0.15) is 13.2 Å². The van der Waals surface area contributed by atoms with Gasteiger partial charge >= 0.3 is 6.18 Å². The number of fused-ring (bicyclic) bond motifs is 1. The Bertz CT molecular complexity index is 1030. The number of nitrogens with one attached hydrogen (secondary N) is 1. The van der Waals surface area contributed by atoms with E-state index in [9.17, 15) is 22.4 Å². The van der Waals surface area contributed by atoms with Crippen molar-refractivity contribution in [3.8, 4) is 0 Å². The highest BCUT2D eigenvalue weighted by Gasteiger charge is 2.35. The zero-order chi connectivity index (χ0) is 18.5. The van der Waals surface area contributed by atoms with E-state index >= 15 is 0 Å². The van der Waals surface area contributed by atoms with E-state index in [1.807, 2.05) is 0 Å². The Labute approximate surface area is 145 Å². The monoisotopic (exact) mass is 362 g/mol. The molecule has 0 spiro atoms. The molecule has 7 heteroatoms. The summed E-state index contributed by atoms with van der Waals surface area (Å²) in [6.45, 7) is 0. The van der Waals surface area contributed by atoms with E-state index in [0.29, 0.717) is 17.4 Å². The van der Waals surface area contributed by atoms with Crippen LogP contribution in [-0.4, -0.2) is 4.57 Å². The van der Waals surface area contributed by atoms with Gasteiger partial charge in [-0.05, 0) is 49.2 Å². The molecule has 0 aliphatic heterocycles. The van der Waals surface area contributed by atoms with Gasteiger partial charge in [-0.25, -0.2) is 4.39 Å². The average Bonchev–Trinajstić information content (AvgIpc) is 3.40. The minimum Gasteiger partial charge on any atom is -0.355 e. The molecule has 3 aromatic rings. The normalized spacial score (nSPS) is 14.6. The number of rotatable bonds is 3. The molecule has 0 unspecified atom stereocenters. The first-order valence-electron chi connectivity index (χ1n) is 8.12. The van der Waals surface area contributed by atoms with Crippen LogP contribution >= 0.6 is 0 Å². The minimum absolute atomic E-state index is 0.00587. The summed E-state index contributed by atoms with van der Waals surface area (Å²) in [5.74, 6) is -0.383. The van der Waals surface area contributed by atoms with Gasteiger partial charge in [0.25, 0.3) is 5.56 Å². The van der Waals surface area contributed by atoms with E-state index < -0.39 is 17.3 Å². The first-order valence-corrected chi connectivity index (χ1v) is 8.12. The molecule has 1 N–H and O–H groups in total. The number of nitrogens with zero attached hydrogens (tertiary/aromatic N) is 1. The summed E-state index contributed by atoms with van der Waals surface area (Å²) in [7, 11) is 0. The van der Waals surface area contributed by atoms with Crippen LogP contribution in [0.5, 0.6) is 0 Å². The lowest BCUT2D eigenvalue weighted by Gasteiger charge is -2.16. The SMILES string of the molecule is O=c1cc(C(F)(F)F)c2ccc(Nc3ccc(F)cc3)cc2n1C1CC1. The molecule has 4 rings (SSSR count). The van der Waals surface area contributed by atoms with Crippen LogP contribution in [-0.2, 0) is 6.18 Å². The smallest absolute Gasteiger partial charge is 0.355 e. The molecule has 1 aliphatic rings. The molecule has 1 heterocycles. The Morgan fingerprint density at radius 3 is 2.23 bits per heavy atom. The van der Waals surface area contributed by atoms with Crippen molar-refractivity contribution in [2.24, 2.45) is 0 Å². The summed E-state index contributed by atoms with van der Waals surface area (Å²) >= 11 is 0. The van der Waals surface area contributed by atoms with Gasteiger partial charge in [0, 0.05) is 28.9 Å². The lowest BCUT2D eigenvalue weighted by atomic mass is 10.1. The van der Waals surface area contributed by atoms with Crippen molar-refractivity contribution in [3.63, 3.8) is 0 Å². The molecule has 0 radical (unpaired) electrons. The zero-order valence-electron chi connectivity index (χ0n) is 13.5. The first-order chi connectivity index (χ1) is 12.3. The van der Waals surface area contributed by atoms with E-state index in [-0.39, 0.29) is 22.8 Å². The van der Waals surface area contributed by atoms with Crippen molar-refractivity contribution in [2.45, 2.75) is 25.1 Å². The highest BCUT2D eigenvalue weighted by molar-refractivity contribution is 5.87. The molecule has 3 nitrogen and oxygen atoms in total. The molecule has 1 aliphatic carbocycles. The van der Waals surface area contributed by atoms with Crippen LogP contribution in [0.3, 0.4) is 0 Å². The summed E-state index contributed by atoms with van der Waals surface area (Å²) in [6, 6.07) is 10.6. The Morgan fingerprint density at radius 1 is 0.962 bits per heavy atom. The second-order valence-electron chi connectivity index (χ2n) is 6.36. The van der Waals surface area contributed by atoms with E-state index in [4.69, 9.17) is 0 Å². The molecular formula is C19H14F4N2O. The van der Waals surface area contributed by atoms with Crippen LogP contribution in [0, 0.1) is 5.82 Å². The lowest BCUT2D eigenvalue weighted by Crippen LogP contribution is -2.22. The summed E-state index contributed by atoms with van der Waals surface area (Å²) in [5, 5.41) is 3.02. The van der Waals surface area contributed by atoms with Crippen LogP contribution in [0.2, 0.25) is 0 Å². The number of pyridine rings is 1. The first kappa shape index (κ1) is 16.6. The van der Waals surface area contributed by atoms with E-state index in [1.54, 1.807) is 0 Å². The second kappa shape index (κ2) is 5.86. The molecule has 1 saturated carbocycles. The van der Waals surface area contributed by atoms with Crippen LogP contribution < -0.4 is 10.9 Å². The van der Waals surface area contributed by atoms with Crippen LogP contribution in [0.15, 0.2) is 53.3 Å². The molecule has 0 amide bonds. The number of hydrogen-bond donors (Lipinski definition) is 1. The highest BCUT2D eigenvalue weighted by atomic mass is 19.4. The fourth-order valence-corrected chi connectivity index (χ4v) is 3.07. The molecule has 0 atom stereocenters. The van der Waals surface area contributed by atoms with Crippen molar-refractivity contribution in [3.05, 3.63) is 70.3 Å². The molecule has 134 valence electrons. The molecule has 1 fully saturated rings. The number of aromatic nitrogens is 1. The Balaban J connectivity index is 1.86. The summed E-state index contributed by atoms with van der Waals surface area (Å²) in [6.07, 6.45) is -3.06. The van der Waals surface area contributed by atoms with Gasteiger partial charge in [-0.3, -0.25) is 4.79 Å². The molecule has 1 aromatic heterocycles. The molecule has 0 saturated heterocycles. The zero-order valence-corrected chi connectivity index (χ0v) is 13.5. The predicted octanol–water partition coefficient (Wildman–Crippen LogP) is 5.24. The van der Waals surface area contributed by atoms with Crippen molar-refractivity contribution in [1.82, 2.24) is 4.57 Å².